The molecule has 4 heterocycles. The van der Waals surface area contributed by atoms with E-state index in [1.165, 1.54) is 48.8 Å². The summed E-state index contributed by atoms with van der Waals surface area (Å²) in [5.41, 5.74) is 11.1. The molecule has 0 saturated carbocycles. The Bertz CT molecular complexity index is 5010. The van der Waals surface area contributed by atoms with Gasteiger partial charge >= 0.3 is 7.12 Å². The van der Waals surface area contributed by atoms with Gasteiger partial charge in [-0.15, -0.1) is 0 Å². The standard InChI is InChI=1S/C34H19BrO2.C22H12BrIO.C12H9BO3.2CH3I/c35-22-16-13-20(14-17-22)31-32-27-10-3-1-7-23(27)24-8-2-4-11-28(24)34(32)37-33(31)21-15-18-26-25-9-5-6-12-29(25)36-30(26)19-21;23-14-11-9-13(10-12-14)19-20-17-7-3-1-5-15(17)16-6-2-4-8-18(16)21(20)25-22(19)24;14-13(15)8-5-6-10-9-3-1-2-4-11(9)16-12(10)7-8;2*1-2/h1-19H;1-12H;1-7,14-15H;2*1H3. The molecule has 0 aliphatic carbocycles. The Morgan fingerprint density at radius 3 is 1.17 bits per heavy atom. The SMILES string of the molecule is Brc1ccc(-c2c(-c3ccc4c(c3)oc3ccccc34)oc3c4ccccc4c4ccccc4c23)cc1.Brc1ccc(-c2c(I)oc3c4ccccc4c4ccccc4c23)cc1.CI.CI.OB(O)c1ccc2c(c1)oc1ccccc12. The van der Waals surface area contributed by atoms with Crippen molar-refractivity contribution in [3.8, 4) is 33.6 Å². The maximum absolute atomic E-state index is 9.07. The average Bonchev–Trinajstić information content (AvgIpc) is 2.97. The second-order valence-corrected chi connectivity index (χ2v) is 22.0. The van der Waals surface area contributed by atoms with Crippen LogP contribution in [0.3, 0.4) is 0 Å². The minimum absolute atomic E-state index is 0.437. The number of hydrogen-bond acceptors (Lipinski definition) is 6. The molecule has 0 spiro atoms. The summed E-state index contributed by atoms with van der Waals surface area (Å²) in [7, 11) is -1.46. The lowest BCUT2D eigenvalue weighted by atomic mass is 9.80. The summed E-state index contributed by atoms with van der Waals surface area (Å²) in [6.07, 6.45) is 0. The Morgan fingerprint density at radius 2 is 0.683 bits per heavy atom. The molecule has 0 saturated heterocycles. The number of benzene rings is 12. The van der Waals surface area contributed by atoms with Gasteiger partial charge in [-0.1, -0.05) is 253 Å². The van der Waals surface area contributed by atoms with E-state index >= 15 is 0 Å². The van der Waals surface area contributed by atoms with Crippen LogP contribution in [0.1, 0.15) is 0 Å². The number of alkyl halides is 2. The van der Waals surface area contributed by atoms with E-state index in [4.69, 9.17) is 27.7 Å². The van der Waals surface area contributed by atoms with Gasteiger partial charge in [0.25, 0.3) is 0 Å². The van der Waals surface area contributed by atoms with Crippen LogP contribution in [-0.2, 0) is 0 Å². The summed E-state index contributed by atoms with van der Waals surface area (Å²) < 4.78 is 28.1. The minimum Gasteiger partial charge on any atom is -0.456 e. The summed E-state index contributed by atoms with van der Waals surface area (Å²) >= 11 is 13.7. The lowest BCUT2D eigenvalue weighted by Gasteiger charge is -2.08. The molecule has 12 heteroatoms. The van der Waals surface area contributed by atoms with Crippen LogP contribution >= 0.6 is 99.6 Å². The molecule has 0 radical (unpaired) electrons. The summed E-state index contributed by atoms with van der Waals surface area (Å²) in [6.45, 7) is 0. The summed E-state index contributed by atoms with van der Waals surface area (Å²) in [4.78, 5) is 3.94. The molecular formula is C70H46BBr2I3O6. The molecule has 0 fully saturated rings. The second kappa shape index (κ2) is 24.4. The molecule has 4 aromatic heterocycles. The summed E-state index contributed by atoms with van der Waals surface area (Å²) in [5, 5.41) is 34.4. The van der Waals surface area contributed by atoms with Crippen LogP contribution in [0.2, 0.25) is 0 Å². The molecule has 0 atom stereocenters. The monoisotopic (exact) mass is 1530 g/mol. The quantitative estimate of drug-likeness (QED) is 0.0789. The van der Waals surface area contributed by atoms with E-state index in [2.05, 4.69) is 269 Å². The number of fused-ring (bicyclic) bond motifs is 18. The van der Waals surface area contributed by atoms with Crippen LogP contribution in [0.5, 0.6) is 0 Å². The molecule has 16 aromatic rings. The van der Waals surface area contributed by atoms with Gasteiger partial charge in [-0.2, -0.15) is 0 Å². The van der Waals surface area contributed by atoms with Crippen LogP contribution < -0.4 is 5.46 Å². The van der Waals surface area contributed by atoms with E-state index in [1.54, 1.807) is 12.1 Å². The maximum Gasteiger partial charge on any atom is 0.488 e. The molecular weight excluding hydrogens is 1490 g/mol. The van der Waals surface area contributed by atoms with Gasteiger partial charge < -0.3 is 27.7 Å². The highest BCUT2D eigenvalue weighted by molar-refractivity contribution is 14.1. The highest BCUT2D eigenvalue weighted by Crippen LogP contribution is 2.49. The van der Waals surface area contributed by atoms with E-state index in [9.17, 15) is 0 Å². The lowest BCUT2D eigenvalue weighted by Crippen LogP contribution is -2.29. The average molecular weight is 1530 g/mol. The van der Waals surface area contributed by atoms with Crippen LogP contribution in [-0.4, -0.2) is 27.0 Å². The number of hydrogen-bond donors (Lipinski definition) is 2. The number of furan rings is 4. The number of halogens is 5. The van der Waals surface area contributed by atoms with Crippen molar-refractivity contribution in [1.29, 1.82) is 0 Å². The van der Waals surface area contributed by atoms with E-state index in [0.29, 0.717) is 11.0 Å². The third-order valence-corrected chi connectivity index (χ3v) is 16.5. The zero-order valence-corrected chi connectivity index (χ0v) is 53.6. The Kier molecular flexibility index (Phi) is 16.6. The fourth-order valence-electron chi connectivity index (χ4n) is 11.2. The number of para-hydroxylation sites is 2. The van der Waals surface area contributed by atoms with Crippen molar-refractivity contribution in [2.75, 3.05) is 9.86 Å². The van der Waals surface area contributed by atoms with E-state index < -0.39 is 7.12 Å². The predicted molar refractivity (Wildman–Crippen MR) is 378 cm³/mol. The molecule has 0 aliphatic heterocycles. The summed E-state index contributed by atoms with van der Waals surface area (Å²) in [6, 6.07) is 78.6. The molecule has 12 aromatic carbocycles. The Morgan fingerprint density at radius 1 is 0.329 bits per heavy atom. The maximum atomic E-state index is 9.07. The van der Waals surface area contributed by atoms with Crippen molar-refractivity contribution in [1.82, 2.24) is 0 Å². The first-order valence-electron chi connectivity index (χ1n) is 26.1. The van der Waals surface area contributed by atoms with Crippen molar-refractivity contribution < 1.29 is 27.7 Å². The Balaban J connectivity index is 0.000000128. The van der Waals surface area contributed by atoms with Crippen molar-refractivity contribution in [2.24, 2.45) is 0 Å². The van der Waals surface area contributed by atoms with Crippen molar-refractivity contribution >= 4 is 221 Å². The molecule has 6 nitrogen and oxygen atoms in total. The molecule has 82 heavy (non-hydrogen) atoms. The highest BCUT2D eigenvalue weighted by atomic mass is 127. The van der Waals surface area contributed by atoms with Gasteiger partial charge in [0.05, 0.1) is 0 Å². The molecule has 400 valence electrons. The van der Waals surface area contributed by atoms with Crippen LogP contribution in [0.15, 0.2) is 257 Å². The van der Waals surface area contributed by atoms with Gasteiger partial charge in [-0.05, 0) is 113 Å². The Hall–Kier alpha value is -6.51. The zero-order chi connectivity index (χ0) is 56.6. The van der Waals surface area contributed by atoms with Gasteiger partial charge in [0, 0.05) is 91.3 Å². The third kappa shape index (κ3) is 10.3. The van der Waals surface area contributed by atoms with E-state index in [0.717, 1.165) is 101 Å². The fraction of sp³-hybridized carbons (Fsp3) is 0.0286. The van der Waals surface area contributed by atoms with Crippen molar-refractivity contribution in [2.45, 2.75) is 0 Å². The van der Waals surface area contributed by atoms with Gasteiger partial charge in [0.2, 0.25) is 0 Å². The van der Waals surface area contributed by atoms with Crippen LogP contribution in [0, 0.1) is 3.77 Å². The van der Waals surface area contributed by atoms with Crippen LogP contribution in [0.4, 0.5) is 0 Å². The van der Waals surface area contributed by atoms with Gasteiger partial charge in [0.15, 0.2) is 3.77 Å². The van der Waals surface area contributed by atoms with Gasteiger partial charge in [-0.25, -0.2) is 0 Å². The number of rotatable bonds is 4. The topological polar surface area (TPSA) is 93.0 Å². The third-order valence-electron chi connectivity index (χ3n) is 14.7. The zero-order valence-electron chi connectivity index (χ0n) is 43.9. The van der Waals surface area contributed by atoms with Crippen molar-refractivity contribution in [3.63, 3.8) is 0 Å². The smallest absolute Gasteiger partial charge is 0.456 e. The first-order chi connectivity index (χ1) is 40.3. The van der Waals surface area contributed by atoms with E-state index in [-0.39, 0.29) is 0 Å². The fourth-order valence-corrected chi connectivity index (χ4v) is 12.5. The lowest BCUT2D eigenvalue weighted by molar-refractivity contribution is 0.425. The van der Waals surface area contributed by atoms with E-state index in [1.807, 2.05) is 58.4 Å². The Labute approximate surface area is 529 Å². The summed E-state index contributed by atoms with van der Waals surface area (Å²) in [5.74, 6) is 0.848. The van der Waals surface area contributed by atoms with Crippen LogP contribution in [0.25, 0.3) is 142 Å². The normalized spacial score (nSPS) is 11.2. The first-order valence-corrected chi connectivity index (χ1v) is 33.1. The molecule has 16 rings (SSSR count). The minimum atomic E-state index is -1.46. The molecule has 0 aliphatic rings. The molecule has 2 N–H and O–H groups in total. The van der Waals surface area contributed by atoms with Gasteiger partial charge in [0.1, 0.15) is 39.3 Å². The van der Waals surface area contributed by atoms with Crippen molar-refractivity contribution in [3.05, 3.63) is 243 Å². The largest absolute Gasteiger partial charge is 0.488 e. The first kappa shape index (κ1) is 56.0. The molecule has 0 unspecified atom stereocenters. The molecule has 0 amide bonds. The predicted octanol–water partition coefficient (Wildman–Crippen LogP) is 21.9. The second-order valence-electron chi connectivity index (χ2n) is 19.2. The molecule has 0 bridgehead atoms. The highest BCUT2D eigenvalue weighted by Gasteiger charge is 2.24. The van der Waals surface area contributed by atoms with Gasteiger partial charge in [-0.3, -0.25) is 0 Å².